The molecule has 0 radical (unpaired) electrons. The zero-order valence-corrected chi connectivity index (χ0v) is 26.3. The number of aliphatic hydroxyl groups excluding tert-OH is 3. The van der Waals surface area contributed by atoms with Gasteiger partial charge in [0.1, 0.15) is 17.8 Å². The van der Waals surface area contributed by atoms with Crippen molar-refractivity contribution < 1.29 is 58.6 Å². The molecule has 4 N–H and O–H groups in total. The SMILES string of the molecule is CC(=O)O[C@@]12CO[C@H]1C[C@H](O)[C@]1(C)C(=O)[C@H](OC(=O)C[C@@H](C)O)C3=C(C)[C@@H](O)C[C@@](O)([C@@H](OC(=O)c4ccccc4)[C@H]21)C3(C)C. The van der Waals surface area contributed by atoms with Crippen LogP contribution < -0.4 is 0 Å². The van der Waals surface area contributed by atoms with Gasteiger partial charge in [-0.2, -0.15) is 0 Å². The first-order valence-corrected chi connectivity index (χ1v) is 15.2. The Balaban J connectivity index is 1.81. The minimum absolute atomic E-state index is 0.0915. The molecule has 45 heavy (non-hydrogen) atoms. The van der Waals surface area contributed by atoms with Crippen molar-refractivity contribution in [3.8, 4) is 0 Å². The Morgan fingerprint density at radius 1 is 1.09 bits per heavy atom. The standard InChI is InChI=1S/C33H42O12/c1-16(34)12-23(38)43-25-24-17(2)20(36)14-33(41,30(24,4)5)28(44-29(40)19-10-8-7-9-11-19)26-31(6,27(25)39)21(37)13-22-32(26,15-42-22)45-18(3)35/h7-11,16,20-22,25-26,28,34,36-37,41H,12-15H2,1-6H3/t16-,20+,21+,22+,25-,26+,28+,31+,32+,33-/m1/s1. The molecule has 0 unspecified atom stereocenters. The van der Waals surface area contributed by atoms with Crippen LogP contribution in [0.5, 0.6) is 0 Å². The van der Waals surface area contributed by atoms with E-state index in [4.69, 9.17) is 18.9 Å². The molecule has 1 saturated heterocycles. The van der Waals surface area contributed by atoms with Crippen LogP contribution in [0.25, 0.3) is 0 Å². The molecule has 1 heterocycles. The second-order valence-corrected chi connectivity index (χ2v) is 13.7. The first-order valence-electron chi connectivity index (χ1n) is 15.2. The number of rotatable bonds is 6. The summed E-state index contributed by atoms with van der Waals surface area (Å²) >= 11 is 0. The van der Waals surface area contributed by atoms with Gasteiger partial charge in [-0.25, -0.2) is 4.79 Å². The van der Waals surface area contributed by atoms with Crippen LogP contribution in [-0.4, -0.2) is 98.6 Å². The summed E-state index contributed by atoms with van der Waals surface area (Å²) < 4.78 is 23.7. The van der Waals surface area contributed by atoms with Crippen molar-refractivity contribution in [1.29, 1.82) is 0 Å². The summed E-state index contributed by atoms with van der Waals surface area (Å²) in [6.07, 6.45) is -9.20. The molecule has 1 aromatic carbocycles. The topological polar surface area (TPSA) is 186 Å². The molecule has 0 amide bonds. The third kappa shape index (κ3) is 4.93. The van der Waals surface area contributed by atoms with Gasteiger partial charge in [-0.05, 0) is 44.1 Å². The van der Waals surface area contributed by atoms with Gasteiger partial charge in [0.25, 0.3) is 0 Å². The van der Waals surface area contributed by atoms with Crippen LogP contribution >= 0.6 is 0 Å². The number of carbonyl (C=O) groups excluding carboxylic acids is 4. The summed E-state index contributed by atoms with van der Waals surface area (Å²) in [5.41, 5.74) is -6.77. The zero-order chi connectivity index (χ0) is 33.3. The Kier molecular flexibility index (Phi) is 8.32. The molecule has 5 rings (SSSR count). The van der Waals surface area contributed by atoms with Crippen molar-refractivity contribution in [1.82, 2.24) is 0 Å². The summed E-state index contributed by atoms with van der Waals surface area (Å²) in [6.45, 7) is 8.50. The fourth-order valence-electron chi connectivity index (χ4n) is 8.16. The number of esters is 3. The summed E-state index contributed by atoms with van der Waals surface area (Å²) in [5.74, 6) is -4.71. The summed E-state index contributed by atoms with van der Waals surface area (Å²) in [5, 5.41) is 46.0. The lowest BCUT2D eigenvalue weighted by Crippen LogP contribution is -2.81. The zero-order valence-electron chi connectivity index (χ0n) is 26.3. The maximum absolute atomic E-state index is 15.0. The van der Waals surface area contributed by atoms with Crippen molar-refractivity contribution in [2.75, 3.05) is 6.61 Å². The molecular weight excluding hydrogens is 588 g/mol. The first kappa shape index (κ1) is 33.2. The Labute approximate surface area is 261 Å². The molecule has 3 fully saturated rings. The van der Waals surface area contributed by atoms with Crippen LogP contribution in [0, 0.1) is 16.7 Å². The molecule has 10 atom stereocenters. The number of hydrogen-bond acceptors (Lipinski definition) is 12. The van der Waals surface area contributed by atoms with E-state index in [1.54, 1.807) is 39.0 Å². The summed E-state index contributed by atoms with van der Waals surface area (Å²) in [4.78, 5) is 54.5. The fourth-order valence-corrected chi connectivity index (χ4v) is 8.16. The largest absolute Gasteiger partial charge is 0.455 e. The van der Waals surface area contributed by atoms with E-state index in [0.717, 1.165) is 0 Å². The normalized spacial score (nSPS) is 39.2. The van der Waals surface area contributed by atoms with Crippen LogP contribution in [0.2, 0.25) is 0 Å². The molecule has 0 aromatic heterocycles. The van der Waals surface area contributed by atoms with Gasteiger partial charge in [0.2, 0.25) is 0 Å². The highest BCUT2D eigenvalue weighted by Gasteiger charge is 2.78. The highest BCUT2D eigenvalue weighted by Crippen LogP contribution is 2.64. The highest BCUT2D eigenvalue weighted by molar-refractivity contribution is 5.95. The van der Waals surface area contributed by atoms with E-state index in [0.29, 0.717) is 0 Å². The minimum atomic E-state index is -2.17. The third-order valence-corrected chi connectivity index (χ3v) is 10.6. The lowest BCUT2D eigenvalue weighted by molar-refractivity contribution is -0.346. The van der Waals surface area contributed by atoms with E-state index >= 15 is 4.79 Å². The smallest absolute Gasteiger partial charge is 0.338 e. The monoisotopic (exact) mass is 630 g/mol. The average molecular weight is 631 g/mol. The van der Waals surface area contributed by atoms with Crippen LogP contribution in [0.15, 0.2) is 41.5 Å². The Morgan fingerprint density at radius 3 is 2.29 bits per heavy atom. The number of carbonyl (C=O) groups is 4. The Hall–Kier alpha value is -3.16. The predicted molar refractivity (Wildman–Crippen MR) is 155 cm³/mol. The molecular formula is C33H42O12. The first-order chi connectivity index (χ1) is 20.9. The van der Waals surface area contributed by atoms with Crippen LogP contribution in [-0.2, 0) is 33.3 Å². The van der Waals surface area contributed by atoms with Gasteiger partial charge in [-0.1, -0.05) is 32.0 Å². The van der Waals surface area contributed by atoms with Gasteiger partial charge in [-0.15, -0.1) is 0 Å². The predicted octanol–water partition coefficient (Wildman–Crippen LogP) is 1.40. The minimum Gasteiger partial charge on any atom is -0.455 e. The Morgan fingerprint density at radius 2 is 1.73 bits per heavy atom. The van der Waals surface area contributed by atoms with Gasteiger partial charge in [0.05, 0.1) is 48.2 Å². The molecule has 2 saturated carbocycles. The number of benzene rings is 1. The van der Waals surface area contributed by atoms with Gasteiger partial charge >= 0.3 is 17.9 Å². The van der Waals surface area contributed by atoms with Crippen molar-refractivity contribution in [2.45, 2.75) is 109 Å². The molecule has 1 aliphatic heterocycles. The van der Waals surface area contributed by atoms with Gasteiger partial charge < -0.3 is 39.4 Å². The lowest BCUT2D eigenvalue weighted by Gasteiger charge is -2.67. The number of hydrogen-bond donors (Lipinski definition) is 4. The molecule has 4 aliphatic rings. The van der Waals surface area contributed by atoms with E-state index in [9.17, 15) is 34.8 Å². The van der Waals surface area contributed by atoms with Gasteiger partial charge in [0, 0.05) is 25.2 Å². The lowest BCUT2D eigenvalue weighted by atomic mass is 9.44. The maximum atomic E-state index is 15.0. The summed E-state index contributed by atoms with van der Waals surface area (Å²) in [6, 6.07) is 7.99. The number of ketones is 1. The van der Waals surface area contributed by atoms with E-state index in [1.165, 1.54) is 32.9 Å². The van der Waals surface area contributed by atoms with Crippen LogP contribution in [0.4, 0.5) is 0 Å². The van der Waals surface area contributed by atoms with Crippen LogP contribution in [0.1, 0.15) is 71.2 Å². The van der Waals surface area contributed by atoms with E-state index in [2.05, 4.69) is 0 Å². The number of ether oxygens (including phenoxy) is 4. The molecule has 12 heteroatoms. The van der Waals surface area contributed by atoms with Crippen molar-refractivity contribution >= 4 is 23.7 Å². The van der Waals surface area contributed by atoms with Gasteiger partial charge in [-0.3, -0.25) is 14.4 Å². The van der Waals surface area contributed by atoms with Crippen molar-refractivity contribution in [2.24, 2.45) is 16.7 Å². The quantitative estimate of drug-likeness (QED) is 0.201. The third-order valence-electron chi connectivity index (χ3n) is 10.6. The molecule has 246 valence electrons. The number of aliphatic hydroxyl groups is 4. The molecule has 3 aliphatic carbocycles. The number of fused-ring (bicyclic) bond motifs is 5. The Bertz CT molecular complexity index is 1420. The molecule has 0 spiro atoms. The van der Waals surface area contributed by atoms with Crippen LogP contribution in [0.3, 0.4) is 0 Å². The maximum Gasteiger partial charge on any atom is 0.338 e. The second-order valence-electron chi connectivity index (χ2n) is 13.7. The average Bonchev–Trinajstić information content (AvgIpc) is 2.94. The molecule has 1 aromatic rings. The van der Waals surface area contributed by atoms with E-state index in [1.807, 2.05) is 0 Å². The molecule has 12 nitrogen and oxygen atoms in total. The fraction of sp³-hybridized carbons (Fsp3) is 0.636. The summed E-state index contributed by atoms with van der Waals surface area (Å²) in [7, 11) is 0. The van der Waals surface area contributed by atoms with Crippen molar-refractivity contribution in [3.05, 3.63) is 47.0 Å². The molecule has 2 bridgehead atoms. The van der Waals surface area contributed by atoms with E-state index in [-0.39, 0.29) is 36.2 Å². The van der Waals surface area contributed by atoms with E-state index < -0.39 is 94.7 Å². The second kappa shape index (κ2) is 11.3. The van der Waals surface area contributed by atoms with Gasteiger partial charge in [0.15, 0.2) is 17.5 Å². The van der Waals surface area contributed by atoms with Crippen molar-refractivity contribution in [3.63, 3.8) is 0 Å². The number of Topliss-reactive ketones (excluding diaryl/α,β-unsaturated/α-hetero) is 1. The highest BCUT2D eigenvalue weighted by atomic mass is 16.6.